The molecule has 2 amide bonds. The predicted octanol–water partition coefficient (Wildman–Crippen LogP) is 1.81. The van der Waals surface area contributed by atoms with Gasteiger partial charge in [0.15, 0.2) is 11.5 Å². The summed E-state index contributed by atoms with van der Waals surface area (Å²) in [6, 6.07) is 8.26. The molecule has 0 unspecified atom stereocenters. The van der Waals surface area contributed by atoms with E-state index in [1.165, 1.54) is 17.4 Å². The molecule has 128 valence electrons. The zero-order valence-electron chi connectivity index (χ0n) is 13.6. The first-order chi connectivity index (χ1) is 11.9. The Morgan fingerprint density at radius 3 is 2.68 bits per heavy atom. The molecule has 1 aromatic carbocycles. The third kappa shape index (κ3) is 3.01. The van der Waals surface area contributed by atoms with Gasteiger partial charge >= 0.3 is 0 Å². The number of carbonyl (C=O) groups is 2. The van der Waals surface area contributed by atoms with E-state index in [2.05, 4.69) is 15.8 Å². The fraction of sp³-hybridized carbons (Fsp3) is 0.118. The average Bonchev–Trinajstić information content (AvgIpc) is 2.90. The molecule has 0 aliphatic heterocycles. The number of hydrogen-bond acceptors (Lipinski definition) is 4. The van der Waals surface area contributed by atoms with Crippen LogP contribution < -0.4 is 16.6 Å². The van der Waals surface area contributed by atoms with Crippen LogP contribution in [0.5, 0.6) is 0 Å². The van der Waals surface area contributed by atoms with Gasteiger partial charge in [-0.1, -0.05) is 12.1 Å². The Hall–Kier alpha value is -3.42. The molecule has 2 heterocycles. The number of anilines is 1. The normalized spacial score (nSPS) is 10.7. The quantitative estimate of drug-likeness (QED) is 0.619. The topological polar surface area (TPSA) is 102 Å². The minimum atomic E-state index is -0.603. The first-order valence-electron chi connectivity index (χ1n) is 7.48. The molecule has 0 fully saturated rings. The molecule has 25 heavy (non-hydrogen) atoms. The highest BCUT2D eigenvalue weighted by atomic mass is 19.1. The Morgan fingerprint density at radius 2 is 1.96 bits per heavy atom. The molecule has 0 aliphatic carbocycles. The van der Waals surface area contributed by atoms with Crippen LogP contribution in [0.25, 0.3) is 16.8 Å². The van der Waals surface area contributed by atoms with Gasteiger partial charge < -0.3 is 5.73 Å². The third-order valence-corrected chi connectivity index (χ3v) is 3.79. The highest BCUT2D eigenvalue weighted by Gasteiger charge is 2.18. The number of rotatable bonds is 2. The van der Waals surface area contributed by atoms with Crippen LogP contribution >= 0.6 is 0 Å². The lowest BCUT2D eigenvalue weighted by atomic mass is 10.0. The average molecular weight is 341 g/mol. The molecule has 8 heteroatoms. The number of benzene rings is 1. The maximum atomic E-state index is 13.8. The van der Waals surface area contributed by atoms with Gasteiger partial charge in [-0.25, -0.2) is 9.37 Å². The molecular formula is C17H16FN5O2. The highest BCUT2D eigenvalue weighted by Crippen LogP contribution is 2.26. The SMILES string of the molecule is CC(=O)NNC(=O)c1c(N)nc2ccc(-c3cccc(F)c3C)cn12. The van der Waals surface area contributed by atoms with Gasteiger partial charge in [0, 0.05) is 13.1 Å². The second-order valence-electron chi connectivity index (χ2n) is 5.54. The van der Waals surface area contributed by atoms with E-state index in [0.717, 1.165) is 0 Å². The number of aromatic nitrogens is 2. The molecule has 0 atom stereocenters. The summed E-state index contributed by atoms with van der Waals surface area (Å²) in [6.07, 6.45) is 1.66. The summed E-state index contributed by atoms with van der Waals surface area (Å²) in [5.41, 5.74) is 12.7. The van der Waals surface area contributed by atoms with E-state index in [0.29, 0.717) is 22.3 Å². The summed E-state index contributed by atoms with van der Waals surface area (Å²) in [6.45, 7) is 2.95. The van der Waals surface area contributed by atoms with Crippen LogP contribution in [0.4, 0.5) is 10.2 Å². The summed E-state index contributed by atoms with van der Waals surface area (Å²) in [5.74, 6) is -1.31. The number of nitrogens with zero attached hydrogens (tertiary/aromatic N) is 2. The maximum absolute atomic E-state index is 13.8. The van der Waals surface area contributed by atoms with Gasteiger partial charge in [0.25, 0.3) is 5.91 Å². The van der Waals surface area contributed by atoms with Crippen LogP contribution in [0.15, 0.2) is 36.5 Å². The van der Waals surface area contributed by atoms with Crippen molar-refractivity contribution in [2.45, 2.75) is 13.8 Å². The molecule has 3 aromatic rings. The number of halogens is 1. The lowest BCUT2D eigenvalue weighted by molar-refractivity contribution is -0.119. The van der Waals surface area contributed by atoms with Gasteiger partial charge in [-0.3, -0.25) is 24.8 Å². The molecular weight excluding hydrogens is 325 g/mol. The number of imidazole rings is 1. The minimum Gasteiger partial charge on any atom is -0.382 e. The predicted molar refractivity (Wildman–Crippen MR) is 91.0 cm³/mol. The smallest absolute Gasteiger partial charge is 0.290 e. The van der Waals surface area contributed by atoms with E-state index < -0.39 is 11.8 Å². The van der Waals surface area contributed by atoms with Crippen molar-refractivity contribution in [3.8, 4) is 11.1 Å². The third-order valence-electron chi connectivity index (χ3n) is 3.79. The first kappa shape index (κ1) is 16.4. The lowest BCUT2D eigenvalue weighted by Crippen LogP contribution is -2.41. The second kappa shape index (κ2) is 6.23. The highest BCUT2D eigenvalue weighted by molar-refractivity contribution is 5.98. The fourth-order valence-electron chi connectivity index (χ4n) is 2.57. The van der Waals surface area contributed by atoms with Crippen LogP contribution in [0.3, 0.4) is 0 Å². The van der Waals surface area contributed by atoms with Crippen molar-refractivity contribution in [3.05, 3.63) is 53.6 Å². The van der Waals surface area contributed by atoms with Crippen LogP contribution in [0.2, 0.25) is 0 Å². The Balaban J connectivity index is 2.10. The van der Waals surface area contributed by atoms with E-state index in [1.807, 2.05) is 0 Å². The zero-order chi connectivity index (χ0) is 18.1. The Labute approximate surface area is 142 Å². The fourth-order valence-corrected chi connectivity index (χ4v) is 2.57. The molecule has 2 aromatic heterocycles. The molecule has 3 rings (SSSR count). The molecule has 0 bridgehead atoms. The van der Waals surface area contributed by atoms with Gasteiger partial charge in [-0.05, 0) is 41.8 Å². The van der Waals surface area contributed by atoms with Crippen molar-refractivity contribution >= 4 is 23.3 Å². The molecule has 0 saturated carbocycles. The number of hydrogen-bond donors (Lipinski definition) is 3. The number of pyridine rings is 1. The van der Waals surface area contributed by atoms with Crippen molar-refractivity contribution in [2.24, 2.45) is 0 Å². The molecule has 4 N–H and O–H groups in total. The zero-order valence-corrected chi connectivity index (χ0v) is 13.6. The molecule has 0 spiro atoms. The Morgan fingerprint density at radius 1 is 1.20 bits per heavy atom. The minimum absolute atomic E-state index is 0.0240. The summed E-state index contributed by atoms with van der Waals surface area (Å²) < 4.78 is 15.3. The van der Waals surface area contributed by atoms with Crippen LogP contribution in [0, 0.1) is 12.7 Å². The molecule has 0 radical (unpaired) electrons. The van der Waals surface area contributed by atoms with E-state index in [9.17, 15) is 14.0 Å². The number of nitrogens with one attached hydrogen (secondary N) is 2. The largest absolute Gasteiger partial charge is 0.382 e. The molecule has 7 nitrogen and oxygen atoms in total. The summed E-state index contributed by atoms with van der Waals surface area (Å²) in [7, 11) is 0. The first-order valence-corrected chi connectivity index (χ1v) is 7.48. The van der Waals surface area contributed by atoms with E-state index >= 15 is 0 Å². The number of hydrazine groups is 1. The Kier molecular flexibility index (Phi) is 4.10. The van der Waals surface area contributed by atoms with Crippen molar-refractivity contribution in [3.63, 3.8) is 0 Å². The lowest BCUT2D eigenvalue weighted by Gasteiger charge is -2.09. The maximum Gasteiger partial charge on any atom is 0.290 e. The number of carbonyl (C=O) groups excluding carboxylic acids is 2. The standard InChI is InChI=1S/C17H16FN5O2/c1-9-12(4-3-5-13(9)18)11-6-7-14-20-16(19)15(23(14)8-11)17(25)22-21-10(2)24/h3-8H,19H2,1-2H3,(H,21,24)(H,22,25). The van der Waals surface area contributed by atoms with Crippen molar-refractivity contribution in [2.75, 3.05) is 5.73 Å². The number of fused-ring (bicyclic) bond motifs is 1. The monoisotopic (exact) mass is 341 g/mol. The second-order valence-corrected chi connectivity index (χ2v) is 5.54. The van der Waals surface area contributed by atoms with Gasteiger partial charge in [0.05, 0.1) is 0 Å². The van der Waals surface area contributed by atoms with E-state index in [1.54, 1.807) is 37.4 Å². The molecule has 0 aliphatic rings. The summed E-state index contributed by atoms with van der Waals surface area (Å²) in [5, 5.41) is 0. The van der Waals surface area contributed by atoms with Gasteiger partial charge in [-0.2, -0.15) is 0 Å². The van der Waals surface area contributed by atoms with E-state index in [-0.39, 0.29) is 17.3 Å². The van der Waals surface area contributed by atoms with Crippen LogP contribution in [-0.2, 0) is 4.79 Å². The van der Waals surface area contributed by atoms with Gasteiger partial charge in [0.1, 0.15) is 11.5 Å². The number of amides is 2. The Bertz CT molecular complexity index is 996. The summed E-state index contributed by atoms with van der Waals surface area (Å²) >= 11 is 0. The van der Waals surface area contributed by atoms with Gasteiger partial charge in [0.2, 0.25) is 5.91 Å². The summed E-state index contributed by atoms with van der Waals surface area (Å²) in [4.78, 5) is 27.4. The number of nitrogen functional groups attached to an aromatic ring is 1. The molecule has 0 saturated heterocycles. The number of nitrogens with two attached hydrogens (primary N) is 1. The van der Waals surface area contributed by atoms with Crippen LogP contribution in [0.1, 0.15) is 23.0 Å². The van der Waals surface area contributed by atoms with Crippen LogP contribution in [-0.4, -0.2) is 21.2 Å². The van der Waals surface area contributed by atoms with Crippen molar-refractivity contribution in [1.82, 2.24) is 20.2 Å². The van der Waals surface area contributed by atoms with Gasteiger partial charge in [-0.15, -0.1) is 0 Å². The van der Waals surface area contributed by atoms with Crippen molar-refractivity contribution < 1.29 is 14.0 Å². The van der Waals surface area contributed by atoms with E-state index in [4.69, 9.17) is 5.73 Å². The van der Waals surface area contributed by atoms with Crippen molar-refractivity contribution in [1.29, 1.82) is 0 Å².